The molecule has 6 nitrogen and oxygen atoms in total. The van der Waals surface area contributed by atoms with Crippen LogP contribution in [0.4, 0.5) is 0 Å². The minimum atomic E-state index is -0.815. The molecule has 0 aromatic carbocycles. The van der Waals surface area contributed by atoms with Crippen LogP contribution in [0.1, 0.15) is 278 Å². The molecule has 0 saturated carbocycles. The van der Waals surface area contributed by atoms with Crippen LogP contribution in [0.2, 0.25) is 0 Å². The number of carbonyl (C=O) groups is 3. The Kier molecular flexibility index (Phi) is 57.4. The number of ether oxygens (including phenoxy) is 3. The Morgan fingerprint density at radius 1 is 0.288 bits per heavy atom. The second-order valence-corrected chi connectivity index (χ2v) is 19.9. The molecular weight excluding hydrogens is 901 g/mol. The first-order valence-corrected chi connectivity index (χ1v) is 30.4. The van der Waals surface area contributed by atoms with Crippen molar-refractivity contribution in [2.75, 3.05) is 13.2 Å². The van der Waals surface area contributed by atoms with E-state index in [1.165, 1.54) is 148 Å². The molecule has 0 aliphatic heterocycles. The molecule has 6 heteroatoms. The molecule has 1 atom stereocenters. The lowest BCUT2D eigenvalue weighted by Gasteiger charge is -2.18. The average Bonchev–Trinajstić information content (AvgIpc) is 3.39. The van der Waals surface area contributed by atoms with Gasteiger partial charge in [-0.05, 0) is 116 Å². The van der Waals surface area contributed by atoms with Gasteiger partial charge >= 0.3 is 17.9 Å². The van der Waals surface area contributed by atoms with Crippen molar-refractivity contribution in [3.05, 3.63) is 109 Å². The summed E-state index contributed by atoms with van der Waals surface area (Å²) >= 11 is 0. The quantitative estimate of drug-likeness (QED) is 0.0261. The van der Waals surface area contributed by atoms with Crippen LogP contribution in [0.5, 0.6) is 0 Å². The first-order valence-electron chi connectivity index (χ1n) is 30.4. The zero-order valence-electron chi connectivity index (χ0n) is 47.6. The normalized spacial score (nSPS) is 12.9. The van der Waals surface area contributed by atoms with Crippen LogP contribution in [0.25, 0.3) is 0 Å². The Hall–Kier alpha value is -3.93. The van der Waals surface area contributed by atoms with Crippen LogP contribution >= 0.6 is 0 Å². The fourth-order valence-corrected chi connectivity index (χ4v) is 8.20. The fraction of sp³-hybridized carbons (Fsp3) is 0.687. The van der Waals surface area contributed by atoms with Gasteiger partial charge in [-0.15, -0.1) is 0 Å². The molecule has 0 aliphatic carbocycles. The molecule has 0 aromatic rings. The van der Waals surface area contributed by atoms with Crippen molar-refractivity contribution in [3.8, 4) is 0 Å². The summed E-state index contributed by atoms with van der Waals surface area (Å²) in [5.41, 5.74) is 0. The summed E-state index contributed by atoms with van der Waals surface area (Å²) in [6.45, 7) is 6.44. The summed E-state index contributed by atoms with van der Waals surface area (Å²) in [6, 6.07) is 0. The lowest BCUT2D eigenvalue weighted by atomic mass is 10.1. The number of allylic oxidation sites excluding steroid dienone is 18. The summed E-state index contributed by atoms with van der Waals surface area (Å²) in [4.78, 5) is 38.2. The van der Waals surface area contributed by atoms with Gasteiger partial charge in [0.1, 0.15) is 13.2 Å². The van der Waals surface area contributed by atoms with Gasteiger partial charge in [0.25, 0.3) is 0 Å². The monoisotopic (exact) mass is 1010 g/mol. The molecule has 0 aliphatic rings. The van der Waals surface area contributed by atoms with Gasteiger partial charge in [0, 0.05) is 19.3 Å². The van der Waals surface area contributed by atoms with Crippen molar-refractivity contribution in [1.29, 1.82) is 0 Å². The molecule has 73 heavy (non-hydrogen) atoms. The van der Waals surface area contributed by atoms with E-state index in [0.29, 0.717) is 19.3 Å². The zero-order chi connectivity index (χ0) is 52.9. The summed E-state index contributed by atoms with van der Waals surface area (Å²) in [5, 5.41) is 0. The number of carbonyl (C=O) groups excluding carboxylic acids is 3. The third-order valence-electron chi connectivity index (χ3n) is 12.7. The number of hydrogen-bond acceptors (Lipinski definition) is 6. The predicted octanol–water partition coefficient (Wildman–Crippen LogP) is 20.7. The van der Waals surface area contributed by atoms with Crippen molar-refractivity contribution in [2.24, 2.45) is 0 Å². The molecule has 0 spiro atoms. The predicted molar refractivity (Wildman–Crippen MR) is 316 cm³/mol. The van der Waals surface area contributed by atoms with Crippen LogP contribution < -0.4 is 0 Å². The molecule has 0 heterocycles. The van der Waals surface area contributed by atoms with Crippen molar-refractivity contribution in [1.82, 2.24) is 0 Å². The Balaban J connectivity index is 4.50. The van der Waals surface area contributed by atoms with E-state index in [2.05, 4.69) is 124 Å². The van der Waals surface area contributed by atoms with Gasteiger partial charge in [0.05, 0.1) is 0 Å². The Labute approximate surface area is 450 Å². The molecule has 0 N–H and O–H groups in total. The standard InChI is InChI=1S/C67H112O6/c1-4-7-10-13-16-19-22-25-28-31-33-36-38-41-44-47-50-53-56-59-65(68)71-62-64(73-67(70)61-58-55-52-49-46-43-40-35-30-27-24-21-18-15-12-9-6-3)63-72-66(69)60-57-54-51-48-45-42-39-37-34-32-29-26-23-20-17-14-11-8-5-2/h7,10,16-17,19-20,25-30,33,36,41,44,50,53,64H,4-6,8-9,11-15,18,21-24,31-32,34-35,37-40,42-43,45-49,51-52,54-63H2,1-3H3/b10-7-,19-16-,20-17-,28-25-,29-26-,30-27-,36-33-,44-41-,53-50-/t64-/m1/s1. The maximum atomic E-state index is 12.9. The third-order valence-corrected chi connectivity index (χ3v) is 12.7. The van der Waals surface area contributed by atoms with Crippen LogP contribution in [0.3, 0.4) is 0 Å². The molecule has 0 fully saturated rings. The van der Waals surface area contributed by atoms with Crippen molar-refractivity contribution in [3.63, 3.8) is 0 Å². The van der Waals surface area contributed by atoms with E-state index >= 15 is 0 Å². The van der Waals surface area contributed by atoms with Gasteiger partial charge in [0.2, 0.25) is 0 Å². The minimum Gasteiger partial charge on any atom is -0.462 e. The molecule has 0 aromatic heterocycles. The van der Waals surface area contributed by atoms with E-state index in [9.17, 15) is 14.4 Å². The van der Waals surface area contributed by atoms with Crippen molar-refractivity contribution < 1.29 is 28.6 Å². The molecule has 0 unspecified atom stereocenters. The van der Waals surface area contributed by atoms with Crippen LogP contribution in [-0.4, -0.2) is 37.2 Å². The van der Waals surface area contributed by atoms with Crippen molar-refractivity contribution in [2.45, 2.75) is 284 Å². The Morgan fingerprint density at radius 2 is 0.562 bits per heavy atom. The Morgan fingerprint density at radius 3 is 0.959 bits per heavy atom. The topological polar surface area (TPSA) is 78.9 Å². The van der Waals surface area contributed by atoms with E-state index in [0.717, 1.165) is 83.5 Å². The van der Waals surface area contributed by atoms with E-state index in [-0.39, 0.29) is 37.5 Å². The summed E-state index contributed by atoms with van der Waals surface area (Å²) < 4.78 is 16.8. The highest BCUT2D eigenvalue weighted by Crippen LogP contribution is 2.15. The lowest BCUT2D eigenvalue weighted by molar-refractivity contribution is -0.166. The molecule has 0 radical (unpaired) electrons. The average molecular weight is 1010 g/mol. The summed E-state index contributed by atoms with van der Waals surface area (Å²) in [5.74, 6) is -0.998. The van der Waals surface area contributed by atoms with Crippen LogP contribution in [0, 0.1) is 0 Å². The largest absolute Gasteiger partial charge is 0.462 e. The SMILES string of the molecule is CC/C=C\C/C=C\C/C=C\C/C=C\C/C=C\C/C=C\CCC(=O)OC[C@H](COC(=O)CCCCCCCCCCC/C=C\C/C=C\CCCCC)OC(=O)CCCCCCCCC/C=C\CCCCCCCC. The first kappa shape index (κ1) is 69.1. The number of rotatable bonds is 54. The highest BCUT2D eigenvalue weighted by atomic mass is 16.6. The highest BCUT2D eigenvalue weighted by molar-refractivity contribution is 5.71. The summed E-state index contributed by atoms with van der Waals surface area (Å²) in [6.07, 6.45) is 82.3. The number of unbranched alkanes of at least 4 members (excludes halogenated alkanes) is 25. The molecule has 0 amide bonds. The second kappa shape index (κ2) is 60.6. The smallest absolute Gasteiger partial charge is 0.306 e. The van der Waals surface area contributed by atoms with E-state index in [4.69, 9.17) is 14.2 Å². The fourth-order valence-electron chi connectivity index (χ4n) is 8.20. The van der Waals surface area contributed by atoms with Crippen molar-refractivity contribution >= 4 is 17.9 Å². The number of esters is 3. The van der Waals surface area contributed by atoms with E-state index < -0.39 is 6.10 Å². The summed E-state index contributed by atoms with van der Waals surface area (Å²) in [7, 11) is 0. The minimum absolute atomic E-state index is 0.106. The molecule has 0 bridgehead atoms. The van der Waals surface area contributed by atoms with E-state index in [1.807, 2.05) is 6.08 Å². The van der Waals surface area contributed by atoms with Gasteiger partial charge in [-0.1, -0.05) is 252 Å². The van der Waals surface area contributed by atoms with Gasteiger partial charge in [0.15, 0.2) is 6.10 Å². The molecule has 416 valence electrons. The first-order chi connectivity index (χ1) is 36.0. The highest BCUT2D eigenvalue weighted by Gasteiger charge is 2.19. The van der Waals surface area contributed by atoms with Crippen LogP contribution in [0.15, 0.2) is 109 Å². The lowest BCUT2D eigenvalue weighted by Crippen LogP contribution is -2.30. The third kappa shape index (κ3) is 58.8. The van der Waals surface area contributed by atoms with Crippen LogP contribution in [-0.2, 0) is 28.6 Å². The van der Waals surface area contributed by atoms with Gasteiger partial charge in [-0.25, -0.2) is 0 Å². The number of hydrogen-bond donors (Lipinski definition) is 0. The zero-order valence-corrected chi connectivity index (χ0v) is 47.6. The molecule has 0 rings (SSSR count). The molecular formula is C67H112O6. The van der Waals surface area contributed by atoms with E-state index in [1.54, 1.807) is 0 Å². The van der Waals surface area contributed by atoms with Gasteiger partial charge < -0.3 is 14.2 Å². The Bertz CT molecular complexity index is 1490. The van der Waals surface area contributed by atoms with Gasteiger partial charge in [-0.3, -0.25) is 14.4 Å². The second-order valence-electron chi connectivity index (χ2n) is 19.9. The maximum absolute atomic E-state index is 12.9. The molecule has 0 saturated heterocycles. The maximum Gasteiger partial charge on any atom is 0.306 e. The van der Waals surface area contributed by atoms with Gasteiger partial charge in [-0.2, -0.15) is 0 Å².